The third-order valence-electron chi connectivity index (χ3n) is 6.89. The third-order valence-corrected chi connectivity index (χ3v) is 6.89. The number of rotatable bonds is 6. The Labute approximate surface area is 157 Å². The molecule has 0 bridgehead atoms. The van der Waals surface area contributed by atoms with Crippen LogP contribution in [0.25, 0.3) is 0 Å². The molecule has 7 nitrogen and oxygen atoms in total. The van der Waals surface area contributed by atoms with Gasteiger partial charge in [-0.05, 0) is 49.0 Å². The number of hydrogen-bond donors (Lipinski definition) is 2. The van der Waals surface area contributed by atoms with Gasteiger partial charge in [0.2, 0.25) is 5.82 Å². The lowest BCUT2D eigenvalue weighted by atomic mass is 9.93. The molecule has 1 aromatic rings. The van der Waals surface area contributed by atoms with Crippen LogP contribution in [0.3, 0.4) is 0 Å². The van der Waals surface area contributed by atoms with Crippen LogP contribution < -0.4 is 9.80 Å². The van der Waals surface area contributed by atoms with Crippen molar-refractivity contribution in [3.05, 3.63) is 5.82 Å². The van der Waals surface area contributed by atoms with Crippen LogP contribution in [0.2, 0.25) is 0 Å². The molecule has 2 atom stereocenters. The molecule has 26 heavy (non-hydrogen) atoms. The second-order valence-electron chi connectivity index (χ2n) is 8.47. The van der Waals surface area contributed by atoms with Crippen LogP contribution in [0.4, 0.5) is 0 Å². The van der Waals surface area contributed by atoms with Crippen LogP contribution in [0.1, 0.15) is 70.2 Å². The van der Waals surface area contributed by atoms with Crippen LogP contribution in [-0.4, -0.2) is 65.1 Å². The van der Waals surface area contributed by atoms with E-state index in [1.807, 2.05) is 9.58 Å². The predicted octanol–water partition coefficient (Wildman–Crippen LogP) is -0.581. The van der Waals surface area contributed by atoms with Crippen molar-refractivity contribution >= 4 is 0 Å². The summed E-state index contributed by atoms with van der Waals surface area (Å²) in [6, 6.07) is 1.34. The van der Waals surface area contributed by atoms with Gasteiger partial charge >= 0.3 is 0 Å². The summed E-state index contributed by atoms with van der Waals surface area (Å²) in [5, 5.41) is 12.7. The van der Waals surface area contributed by atoms with Gasteiger partial charge in [0.1, 0.15) is 32.2 Å². The van der Waals surface area contributed by atoms with Crippen LogP contribution in [0, 0.1) is 0 Å². The van der Waals surface area contributed by atoms with E-state index in [9.17, 15) is 0 Å². The Bertz CT molecular complexity index is 544. The molecule has 0 radical (unpaired) electrons. The highest BCUT2D eigenvalue weighted by Crippen LogP contribution is 2.17. The van der Waals surface area contributed by atoms with Crippen LogP contribution in [0.5, 0.6) is 0 Å². The van der Waals surface area contributed by atoms with Gasteiger partial charge in [-0.25, -0.2) is 4.68 Å². The van der Waals surface area contributed by atoms with Crippen molar-refractivity contribution in [3.63, 3.8) is 0 Å². The summed E-state index contributed by atoms with van der Waals surface area (Å²) in [7, 11) is 0. The van der Waals surface area contributed by atoms with Crippen molar-refractivity contribution < 1.29 is 14.5 Å². The second kappa shape index (κ2) is 8.76. The lowest BCUT2D eigenvalue weighted by Crippen LogP contribution is -3.29. The zero-order valence-corrected chi connectivity index (χ0v) is 16.3. The highest BCUT2D eigenvalue weighted by atomic mass is 16.5. The summed E-state index contributed by atoms with van der Waals surface area (Å²) < 4.78 is 7.82. The summed E-state index contributed by atoms with van der Waals surface area (Å²) >= 11 is 0. The lowest BCUT2D eigenvalue weighted by Gasteiger charge is -2.38. The van der Waals surface area contributed by atoms with Crippen molar-refractivity contribution in [2.24, 2.45) is 0 Å². The third kappa shape index (κ3) is 4.10. The molecule has 0 aromatic carbocycles. The van der Waals surface area contributed by atoms with Gasteiger partial charge in [0, 0.05) is 13.0 Å². The Hall–Kier alpha value is -1.05. The average Bonchev–Trinajstić information content (AvgIpc) is 3.37. The van der Waals surface area contributed by atoms with E-state index < -0.39 is 0 Å². The van der Waals surface area contributed by atoms with Crippen molar-refractivity contribution in [1.29, 1.82) is 0 Å². The summed E-state index contributed by atoms with van der Waals surface area (Å²) in [6.45, 7) is 9.09. The summed E-state index contributed by atoms with van der Waals surface area (Å²) in [5.41, 5.74) is 0. The van der Waals surface area contributed by atoms with Crippen LogP contribution in [-0.2, 0) is 11.3 Å². The molecule has 7 heteroatoms. The number of quaternary nitrogens is 2. The Morgan fingerprint density at radius 2 is 1.88 bits per heavy atom. The maximum atomic E-state index is 5.79. The SMILES string of the molecule is CC[C@@H](c1nnnn1C[C@@H]1CCCO1)[NH+]1CC[NH+](C2CCCCC2)CC1. The van der Waals surface area contributed by atoms with Gasteiger partial charge in [-0.2, -0.15) is 0 Å². The van der Waals surface area contributed by atoms with Gasteiger partial charge in [0.15, 0.2) is 0 Å². The Kier molecular flexibility index (Phi) is 6.17. The van der Waals surface area contributed by atoms with Crippen molar-refractivity contribution in [3.8, 4) is 0 Å². The van der Waals surface area contributed by atoms with E-state index in [0.717, 1.165) is 44.3 Å². The average molecular weight is 365 g/mol. The van der Waals surface area contributed by atoms with Crippen LogP contribution in [0.15, 0.2) is 0 Å². The molecule has 1 aliphatic carbocycles. The molecule has 0 unspecified atom stereocenters. The number of aromatic nitrogens is 4. The van der Waals surface area contributed by atoms with Gasteiger partial charge in [-0.3, -0.25) is 0 Å². The zero-order valence-electron chi connectivity index (χ0n) is 16.3. The minimum Gasteiger partial charge on any atom is -0.376 e. The number of tetrazole rings is 1. The smallest absolute Gasteiger partial charge is 0.209 e. The maximum Gasteiger partial charge on any atom is 0.209 e. The monoisotopic (exact) mass is 364 g/mol. The molecule has 0 amide bonds. The topological polar surface area (TPSA) is 61.7 Å². The standard InChI is InChI=1S/C19H34N6O/c1-2-18(19-20-21-22-25(19)15-17-9-6-14-26-17)24-12-10-23(11-13-24)16-7-4-3-5-8-16/h16-18H,2-15H2,1H3/p+2/t17-,18-/m0/s1. The minimum atomic E-state index is 0.289. The fourth-order valence-electron chi connectivity index (χ4n) is 5.39. The molecule has 2 saturated heterocycles. The van der Waals surface area contributed by atoms with Crippen molar-refractivity contribution in [1.82, 2.24) is 20.2 Å². The predicted molar refractivity (Wildman–Crippen MR) is 98.1 cm³/mol. The number of hydrogen-bond acceptors (Lipinski definition) is 4. The summed E-state index contributed by atoms with van der Waals surface area (Å²) in [5.74, 6) is 1.07. The minimum absolute atomic E-state index is 0.289. The van der Waals surface area contributed by atoms with Gasteiger partial charge in [0.25, 0.3) is 0 Å². The molecule has 0 spiro atoms. The van der Waals surface area contributed by atoms with E-state index in [4.69, 9.17) is 4.74 Å². The fraction of sp³-hybridized carbons (Fsp3) is 0.947. The molecule has 3 fully saturated rings. The van der Waals surface area contributed by atoms with Gasteiger partial charge in [-0.1, -0.05) is 13.3 Å². The number of nitrogens with zero attached hydrogens (tertiary/aromatic N) is 4. The molecule has 3 aliphatic rings. The summed E-state index contributed by atoms with van der Waals surface area (Å²) in [4.78, 5) is 3.54. The fourth-order valence-corrected chi connectivity index (χ4v) is 5.39. The first kappa shape index (κ1) is 18.3. The zero-order chi connectivity index (χ0) is 17.8. The molecule has 2 aliphatic heterocycles. The van der Waals surface area contributed by atoms with E-state index in [0.29, 0.717) is 6.04 Å². The van der Waals surface area contributed by atoms with E-state index in [1.165, 1.54) is 58.3 Å². The molecule has 2 N–H and O–H groups in total. The Morgan fingerprint density at radius 3 is 2.58 bits per heavy atom. The number of piperazine rings is 1. The van der Waals surface area contributed by atoms with Crippen LogP contribution >= 0.6 is 0 Å². The first-order valence-corrected chi connectivity index (χ1v) is 10.9. The highest BCUT2D eigenvalue weighted by molar-refractivity contribution is 4.88. The molecule has 4 rings (SSSR count). The summed E-state index contributed by atoms with van der Waals surface area (Å²) in [6.07, 6.45) is 10.9. The largest absolute Gasteiger partial charge is 0.376 e. The second-order valence-corrected chi connectivity index (χ2v) is 8.47. The van der Waals surface area contributed by atoms with Crippen molar-refractivity contribution in [2.75, 3.05) is 32.8 Å². The molecule has 146 valence electrons. The first-order chi connectivity index (χ1) is 12.8. The van der Waals surface area contributed by atoms with Gasteiger partial charge in [0.05, 0.1) is 18.7 Å². The highest BCUT2D eigenvalue weighted by Gasteiger charge is 2.36. The lowest BCUT2D eigenvalue weighted by molar-refractivity contribution is -1.04. The van der Waals surface area contributed by atoms with Gasteiger partial charge < -0.3 is 14.5 Å². The van der Waals surface area contributed by atoms with E-state index in [2.05, 4.69) is 22.4 Å². The van der Waals surface area contributed by atoms with E-state index >= 15 is 0 Å². The Balaban J connectivity index is 1.36. The molecular formula is C19H36N6O+2. The molecule has 1 saturated carbocycles. The number of ether oxygens (including phenoxy) is 1. The molecule has 1 aromatic heterocycles. The Morgan fingerprint density at radius 1 is 1.08 bits per heavy atom. The quantitative estimate of drug-likeness (QED) is 0.709. The molecule has 3 heterocycles. The number of nitrogens with one attached hydrogen (secondary N) is 2. The van der Waals surface area contributed by atoms with Crippen molar-refractivity contribution in [2.45, 2.75) is 83.0 Å². The molecular weight excluding hydrogens is 328 g/mol. The first-order valence-electron chi connectivity index (χ1n) is 10.9. The van der Waals surface area contributed by atoms with E-state index in [1.54, 1.807) is 4.90 Å². The van der Waals surface area contributed by atoms with E-state index in [-0.39, 0.29) is 6.10 Å². The van der Waals surface area contributed by atoms with Gasteiger partial charge in [-0.15, -0.1) is 5.10 Å². The normalized spacial score (nSPS) is 32.0. The maximum absolute atomic E-state index is 5.79.